The number of hydrogen-bond acceptors (Lipinski definition) is 4. The molecule has 0 saturated carbocycles. The SMILES string of the molecule is CN(C)c1ccc(NC2CCS(=O)(=O)CC2)cc1Cl. The Morgan fingerprint density at radius 1 is 1.26 bits per heavy atom. The van der Waals surface area contributed by atoms with Gasteiger partial charge in [-0.3, -0.25) is 0 Å². The van der Waals surface area contributed by atoms with Gasteiger partial charge in [-0.2, -0.15) is 0 Å². The molecule has 1 aromatic carbocycles. The van der Waals surface area contributed by atoms with E-state index in [4.69, 9.17) is 11.6 Å². The highest BCUT2D eigenvalue weighted by molar-refractivity contribution is 7.91. The number of hydrogen-bond donors (Lipinski definition) is 1. The Morgan fingerprint density at radius 3 is 2.42 bits per heavy atom. The first-order valence-electron chi connectivity index (χ1n) is 6.31. The lowest BCUT2D eigenvalue weighted by atomic mass is 10.1. The van der Waals surface area contributed by atoms with Crippen molar-refractivity contribution in [2.45, 2.75) is 18.9 Å². The van der Waals surface area contributed by atoms with Crippen molar-refractivity contribution in [2.24, 2.45) is 0 Å². The molecule has 0 amide bonds. The van der Waals surface area contributed by atoms with E-state index in [0.29, 0.717) is 17.9 Å². The van der Waals surface area contributed by atoms with Gasteiger partial charge in [0.1, 0.15) is 9.84 Å². The fourth-order valence-electron chi connectivity index (χ4n) is 2.23. The van der Waals surface area contributed by atoms with E-state index in [9.17, 15) is 8.42 Å². The molecule has 6 heteroatoms. The van der Waals surface area contributed by atoms with E-state index in [1.165, 1.54) is 0 Å². The van der Waals surface area contributed by atoms with Gasteiger partial charge in [0.05, 0.1) is 22.2 Å². The molecule has 106 valence electrons. The number of benzene rings is 1. The van der Waals surface area contributed by atoms with Crippen LogP contribution in [0.15, 0.2) is 18.2 Å². The highest BCUT2D eigenvalue weighted by Crippen LogP contribution is 2.28. The van der Waals surface area contributed by atoms with Crippen LogP contribution in [-0.2, 0) is 9.84 Å². The van der Waals surface area contributed by atoms with Crippen molar-refractivity contribution in [1.29, 1.82) is 0 Å². The summed E-state index contributed by atoms with van der Waals surface area (Å²) in [6, 6.07) is 6.04. The number of rotatable bonds is 3. The second-order valence-corrected chi connectivity index (χ2v) is 7.84. The molecule has 1 fully saturated rings. The van der Waals surface area contributed by atoms with Gasteiger partial charge in [0.2, 0.25) is 0 Å². The molecule has 0 bridgehead atoms. The molecule has 0 atom stereocenters. The minimum Gasteiger partial charge on any atom is -0.382 e. The molecule has 2 rings (SSSR count). The summed E-state index contributed by atoms with van der Waals surface area (Å²) in [4.78, 5) is 1.96. The molecule has 0 unspecified atom stereocenters. The van der Waals surface area contributed by atoms with Gasteiger partial charge in [-0.05, 0) is 31.0 Å². The molecular weight excluding hydrogens is 284 g/mol. The Labute approximate surface area is 119 Å². The number of anilines is 2. The van der Waals surface area contributed by atoms with Gasteiger partial charge in [0, 0.05) is 25.8 Å². The van der Waals surface area contributed by atoms with Crippen LogP contribution >= 0.6 is 11.6 Å². The predicted octanol–water partition coefficient (Wildman–Crippen LogP) is 2.40. The maximum Gasteiger partial charge on any atom is 0.150 e. The lowest BCUT2D eigenvalue weighted by Gasteiger charge is -2.24. The Hall–Kier alpha value is -0.940. The van der Waals surface area contributed by atoms with Crippen molar-refractivity contribution in [3.8, 4) is 0 Å². The van der Waals surface area contributed by atoms with Crippen molar-refractivity contribution in [3.05, 3.63) is 23.2 Å². The van der Waals surface area contributed by atoms with Gasteiger partial charge in [0.15, 0.2) is 0 Å². The van der Waals surface area contributed by atoms with E-state index >= 15 is 0 Å². The van der Waals surface area contributed by atoms with E-state index in [0.717, 1.165) is 11.4 Å². The fraction of sp³-hybridized carbons (Fsp3) is 0.538. The summed E-state index contributed by atoms with van der Waals surface area (Å²) in [5, 5.41) is 4.05. The Kier molecular flexibility index (Phi) is 4.26. The molecule has 19 heavy (non-hydrogen) atoms. The van der Waals surface area contributed by atoms with Gasteiger partial charge < -0.3 is 10.2 Å². The molecule has 4 nitrogen and oxygen atoms in total. The van der Waals surface area contributed by atoms with E-state index < -0.39 is 9.84 Å². The Bertz CT molecular complexity index is 544. The topological polar surface area (TPSA) is 49.4 Å². The summed E-state index contributed by atoms with van der Waals surface area (Å²) >= 11 is 6.21. The monoisotopic (exact) mass is 302 g/mol. The number of sulfone groups is 1. The lowest BCUT2D eigenvalue weighted by Crippen LogP contribution is -2.32. The van der Waals surface area contributed by atoms with E-state index in [-0.39, 0.29) is 17.5 Å². The molecule has 1 N–H and O–H groups in total. The average molecular weight is 303 g/mol. The fourth-order valence-corrected chi connectivity index (χ4v) is 4.07. The van der Waals surface area contributed by atoms with E-state index in [1.54, 1.807) is 0 Å². The first-order chi connectivity index (χ1) is 8.87. The third-order valence-corrected chi connectivity index (χ3v) is 5.37. The van der Waals surface area contributed by atoms with E-state index in [2.05, 4.69) is 5.32 Å². The standard InChI is InChI=1S/C13H19ClN2O2S/c1-16(2)13-4-3-11(9-12(13)14)15-10-5-7-19(17,18)8-6-10/h3-4,9-10,15H,5-8H2,1-2H3. The second-order valence-electron chi connectivity index (χ2n) is 5.13. The molecular formula is C13H19ClN2O2S. The molecule has 1 aromatic rings. The van der Waals surface area contributed by atoms with Gasteiger partial charge in [-0.1, -0.05) is 11.6 Å². The van der Waals surface area contributed by atoms with Crippen molar-refractivity contribution < 1.29 is 8.42 Å². The number of halogens is 1. The maximum absolute atomic E-state index is 11.4. The van der Waals surface area contributed by atoms with Crippen molar-refractivity contribution in [2.75, 3.05) is 35.8 Å². The van der Waals surface area contributed by atoms with Crippen LogP contribution in [0.25, 0.3) is 0 Å². The minimum atomic E-state index is -2.81. The van der Waals surface area contributed by atoms with Crippen LogP contribution < -0.4 is 10.2 Å². The molecule has 1 saturated heterocycles. The van der Waals surface area contributed by atoms with Crippen LogP contribution in [0.3, 0.4) is 0 Å². The van der Waals surface area contributed by atoms with Gasteiger partial charge in [-0.15, -0.1) is 0 Å². The largest absolute Gasteiger partial charge is 0.382 e. The Morgan fingerprint density at radius 2 is 1.89 bits per heavy atom. The summed E-state index contributed by atoms with van der Waals surface area (Å²) in [5.74, 6) is 0.544. The summed E-state index contributed by atoms with van der Waals surface area (Å²) in [6.07, 6.45) is 1.32. The highest BCUT2D eigenvalue weighted by atomic mass is 35.5. The second kappa shape index (κ2) is 5.59. The van der Waals surface area contributed by atoms with Crippen molar-refractivity contribution in [3.63, 3.8) is 0 Å². The van der Waals surface area contributed by atoms with Crippen LogP contribution in [-0.4, -0.2) is 40.1 Å². The highest BCUT2D eigenvalue weighted by Gasteiger charge is 2.23. The predicted molar refractivity (Wildman–Crippen MR) is 81.1 cm³/mol. The van der Waals surface area contributed by atoms with Gasteiger partial charge in [-0.25, -0.2) is 8.42 Å². The van der Waals surface area contributed by atoms with Crippen molar-refractivity contribution >= 4 is 32.8 Å². The molecule has 1 aliphatic rings. The number of nitrogens with one attached hydrogen (secondary N) is 1. The first-order valence-corrected chi connectivity index (χ1v) is 8.51. The van der Waals surface area contributed by atoms with Crippen molar-refractivity contribution in [1.82, 2.24) is 0 Å². The zero-order valence-corrected chi connectivity index (χ0v) is 12.8. The molecule has 0 aliphatic carbocycles. The molecule has 0 radical (unpaired) electrons. The molecule has 0 aromatic heterocycles. The van der Waals surface area contributed by atoms with E-state index in [1.807, 2.05) is 37.2 Å². The normalized spacial score (nSPS) is 19.1. The summed E-state index contributed by atoms with van der Waals surface area (Å²) in [5.41, 5.74) is 1.92. The van der Waals surface area contributed by atoms with Crippen LogP contribution in [0.2, 0.25) is 5.02 Å². The average Bonchev–Trinajstić information content (AvgIpc) is 2.31. The molecule has 1 aliphatic heterocycles. The minimum absolute atomic E-state index is 0.213. The zero-order valence-electron chi connectivity index (χ0n) is 11.2. The third kappa shape index (κ3) is 3.76. The van der Waals surface area contributed by atoms with Crippen LogP contribution in [0.4, 0.5) is 11.4 Å². The lowest BCUT2D eigenvalue weighted by molar-refractivity contribution is 0.559. The molecule has 0 spiro atoms. The van der Waals surface area contributed by atoms with Crippen LogP contribution in [0.1, 0.15) is 12.8 Å². The van der Waals surface area contributed by atoms with Crippen LogP contribution in [0.5, 0.6) is 0 Å². The smallest absolute Gasteiger partial charge is 0.150 e. The first kappa shape index (κ1) is 14.5. The zero-order chi connectivity index (χ0) is 14.0. The maximum atomic E-state index is 11.4. The summed E-state index contributed by atoms with van der Waals surface area (Å²) in [7, 11) is 1.08. The quantitative estimate of drug-likeness (QED) is 0.931. The van der Waals surface area contributed by atoms with Gasteiger partial charge in [0.25, 0.3) is 0 Å². The summed E-state index contributed by atoms with van der Waals surface area (Å²) in [6.45, 7) is 0. The number of nitrogens with zero attached hydrogens (tertiary/aromatic N) is 1. The van der Waals surface area contributed by atoms with Gasteiger partial charge >= 0.3 is 0 Å². The molecule has 1 heterocycles. The third-order valence-electron chi connectivity index (χ3n) is 3.35. The Balaban J connectivity index is 2.02. The summed E-state index contributed by atoms with van der Waals surface area (Å²) < 4.78 is 22.7. The van der Waals surface area contributed by atoms with Crippen LogP contribution in [0, 0.1) is 0 Å².